The van der Waals surface area contributed by atoms with Gasteiger partial charge in [0.25, 0.3) is 5.56 Å². The monoisotopic (exact) mass is 238 g/mol. The molecular weight excluding hydrogens is 220 g/mol. The van der Waals surface area contributed by atoms with Crippen LogP contribution in [-0.2, 0) is 11.3 Å². The molecule has 1 aliphatic heterocycles. The Morgan fingerprint density at radius 3 is 2.82 bits per heavy atom. The van der Waals surface area contributed by atoms with Crippen LogP contribution in [0.15, 0.2) is 17.1 Å². The van der Waals surface area contributed by atoms with Gasteiger partial charge in [0.2, 0.25) is 0 Å². The Morgan fingerprint density at radius 2 is 2.18 bits per heavy atom. The number of anilines is 1. The van der Waals surface area contributed by atoms with E-state index in [1.165, 1.54) is 4.68 Å². The van der Waals surface area contributed by atoms with Crippen molar-refractivity contribution < 1.29 is 4.74 Å². The number of ether oxygens (including phenoxy) is 1. The van der Waals surface area contributed by atoms with Crippen LogP contribution in [0, 0.1) is 0 Å². The largest absolute Gasteiger partial charge is 0.387 e. The summed E-state index contributed by atoms with van der Waals surface area (Å²) < 4.78 is 6.77. The van der Waals surface area contributed by atoms with Crippen LogP contribution in [0.25, 0.3) is 0 Å². The first-order valence-corrected chi connectivity index (χ1v) is 5.84. The Balaban J connectivity index is 1.92. The zero-order valence-corrected chi connectivity index (χ0v) is 10.1. The molecule has 6 heteroatoms. The van der Waals surface area contributed by atoms with Crippen molar-refractivity contribution in [1.29, 1.82) is 0 Å². The van der Waals surface area contributed by atoms with Gasteiger partial charge in [-0.05, 0) is 0 Å². The fourth-order valence-corrected chi connectivity index (χ4v) is 1.80. The third-order valence-corrected chi connectivity index (χ3v) is 2.89. The van der Waals surface area contributed by atoms with Crippen molar-refractivity contribution in [3.63, 3.8) is 0 Å². The lowest BCUT2D eigenvalue weighted by Gasteiger charge is -2.26. The van der Waals surface area contributed by atoms with Crippen molar-refractivity contribution in [3.05, 3.63) is 22.6 Å². The summed E-state index contributed by atoms with van der Waals surface area (Å²) in [6, 6.07) is 1.56. The average molecular weight is 238 g/mol. The maximum absolute atomic E-state index is 11.7. The molecule has 0 atom stereocenters. The van der Waals surface area contributed by atoms with Crippen molar-refractivity contribution in [2.24, 2.45) is 0 Å². The smallest absolute Gasteiger partial charge is 0.268 e. The molecule has 0 saturated carbocycles. The second kappa shape index (κ2) is 5.79. The van der Waals surface area contributed by atoms with E-state index in [4.69, 9.17) is 4.74 Å². The maximum Gasteiger partial charge on any atom is 0.268 e. The number of nitrogens with zero attached hydrogens (tertiary/aromatic N) is 3. The Kier molecular flexibility index (Phi) is 4.11. The first-order valence-electron chi connectivity index (χ1n) is 5.84. The molecule has 0 amide bonds. The maximum atomic E-state index is 11.7. The molecule has 6 nitrogen and oxygen atoms in total. The predicted octanol–water partition coefficient (Wildman–Crippen LogP) is -0.383. The Hall–Kier alpha value is -1.40. The Labute approximate surface area is 100 Å². The lowest BCUT2D eigenvalue weighted by Crippen LogP contribution is -2.39. The minimum absolute atomic E-state index is 0.0647. The van der Waals surface area contributed by atoms with Gasteiger partial charge in [-0.2, -0.15) is 5.10 Å². The molecule has 0 aliphatic carbocycles. The van der Waals surface area contributed by atoms with E-state index in [9.17, 15) is 4.79 Å². The van der Waals surface area contributed by atoms with E-state index in [0.29, 0.717) is 6.54 Å². The molecule has 2 rings (SSSR count). The third kappa shape index (κ3) is 3.28. The highest BCUT2D eigenvalue weighted by Crippen LogP contribution is 1.98. The van der Waals surface area contributed by atoms with E-state index in [1.807, 2.05) is 0 Å². The van der Waals surface area contributed by atoms with E-state index in [-0.39, 0.29) is 5.56 Å². The van der Waals surface area contributed by atoms with Crippen LogP contribution in [0.3, 0.4) is 0 Å². The van der Waals surface area contributed by atoms with E-state index in [2.05, 4.69) is 15.3 Å². The summed E-state index contributed by atoms with van der Waals surface area (Å²) in [5.41, 5.74) is 0.683. The molecular formula is C11H18N4O2. The molecule has 1 aromatic heterocycles. The van der Waals surface area contributed by atoms with Crippen LogP contribution in [0.5, 0.6) is 0 Å². The highest BCUT2D eigenvalue weighted by Gasteiger charge is 2.10. The van der Waals surface area contributed by atoms with Crippen molar-refractivity contribution >= 4 is 5.69 Å². The molecule has 0 bridgehead atoms. The molecule has 0 radical (unpaired) electrons. The molecule has 1 N–H and O–H groups in total. The van der Waals surface area contributed by atoms with Crippen molar-refractivity contribution in [1.82, 2.24) is 14.7 Å². The zero-order valence-electron chi connectivity index (χ0n) is 10.1. The van der Waals surface area contributed by atoms with Crippen molar-refractivity contribution in [3.8, 4) is 0 Å². The summed E-state index contributed by atoms with van der Waals surface area (Å²) in [7, 11) is 1.77. The van der Waals surface area contributed by atoms with Gasteiger partial charge >= 0.3 is 0 Å². The van der Waals surface area contributed by atoms with Crippen LogP contribution in [0.4, 0.5) is 5.69 Å². The van der Waals surface area contributed by atoms with Crippen LogP contribution < -0.4 is 10.9 Å². The van der Waals surface area contributed by atoms with Gasteiger partial charge < -0.3 is 10.1 Å². The van der Waals surface area contributed by atoms with E-state index >= 15 is 0 Å². The van der Waals surface area contributed by atoms with Gasteiger partial charge in [0.05, 0.1) is 31.6 Å². The van der Waals surface area contributed by atoms with Crippen LogP contribution in [0.2, 0.25) is 0 Å². The van der Waals surface area contributed by atoms with Gasteiger partial charge in [-0.15, -0.1) is 0 Å². The molecule has 1 aromatic rings. The molecule has 0 spiro atoms. The van der Waals surface area contributed by atoms with Gasteiger partial charge in [0.15, 0.2) is 0 Å². The molecule has 1 aliphatic rings. The summed E-state index contributed by atoms with van der Waals surface area (Å²) in [4.78, 5) is 14.0. The zero-order chi connectivity index (χ0) is 12.1. The fourth-order valence-electron chi connectivity index (χ4n) is 1.80. The molecule has 0 unspecified atom stereocenters. The average Bonchev–Trinajstić information content (AvgIpc) is 2.38. The van der Waals surface area contributed by atoms with E-state index in [1.54, 1.807) is 19.3 Å². The number of nitrogens with one attached hydrogen (secondary N) is 1. The summed E-state index contributed by atoms with van der Waals surface area (Å²) in [6.45, 7) is 4.90. The summed E-state index contributed by atoms with van der Waals surface area (Å²) in [5, 5.41) is 7.01. The standard InChI is InChI=1S/C11H18N4O2/c1-12-10-8-11(16)15(13-9-10)3-2-14-4-6-17-7-5-14/h8-9,12H,2-7H2,1H3. The van der Waals surface area contributed by atoms with Crippen LogP contribution in [-0.4, -0.2) is 54.6 Å². The lowest BCUT2D eigenvalue weighted by molar-refractivity contribution is 0.0358. The predicted molar refractivity (Wildman–Crippen MR) is 65.3 cm³/mol. The second-order valence-electron chi connectivity index (χ2n) is 4.01. The van der Waals surface area contributed by atoms with E-state index < -0.39 is 0 Å². The molecule has 1 fully saturated rings. The number of hydrogen-bond donors (Lipinski definition) is 1. The third-order valence-electron chi connectivity index (χ3n) is 2.89. The van der Waals surface area contributed by atoms with Gasteiger partial charge in [0.1, 0.15) is 0 Å². The normalized spacial score (nSPS) is 17.0. The minimum atomic E-state index is -0.0647. The van der Waals surface area contributed by atoms with Crippen molar-refractivity contribution in [2.45, 2.75) is 6.54 Å². The van der Waals surface area contributed by atoms with Crippen LogP contribution in [0.1, 0.15) is 0 Å². The van der Waals surface area contributed by atoms with Gasteiger partial charge in [0, 0.05) is 32.7 Å². The quantitative estimate of drug-likeness (QED) is 0.774. The van der Waals surface area contributed by atoms with Crippen molar-refractivity contribution in [2.75, 3.05) is 45.2 Å². The first kappa shape index (κ1) is 12.1. The summed E-state index contributed by atoms with van der Waals surface area (Å²) in [5.74, 6) is 0. The molecule has 2 heterocycles. The highest BCUT2D eigenvalue weighted by atomic mass is 16.5. The second-order valence-corrected chi connectivity index (χ2v) is 4.01. The van der Waals surface area contributed by atoms with Gasteiger partial charge in [-0.25, -0.2) is 4.68 Å². The highest BCUT2D eigenvalue weighted by molar-refractivity contribution is 5.37. The Bertz CT molecular complexity index is 412. The summed E-state index contributed by atoms with van der Waals surface area (Å²) >= 11 is 0. The topological polar surface area (TPSA) is 59.4 Å². The Morgan fingerprint density at radius 1 is 1.41 bits per heavy atom. The lowest BCUT2D eigenvalue weighted by atomic mass is 10.4. The first-order chi connectivity index (χ1) is 8.29. The fraction of sp³-hybridized carbons (Fsp3) is 0.636. The van der Waals surface area contributed by atoms with Crippen LogP contribution >= 0.6 is 0 Å². The number of aromatic nitrogens is 2. The number of rotatable bonds is 4. The number of hydrogen-bond acceptors (Lipinski definition) is 5. The SMILES string of the molecule is CNc1cnn(CCN2CCOCC2)c(=O)c1. The molecule has 1 saturated heterocycles. The molecule has 17 heavy (non-hydrogen) atoms. The summed E-state index contributed by atoms with van der Waals surface area (Å²) in [6.07, 6.45) is 1.67. The van der Waals surface area contributed by atoms with Gasteiger partial charge in [-0.3, -0.25) is 9.69 Å². The number of morpholine rings is 1. The molecule has 0 aromatic carbocycles. The van der Waals surface area contributed by atoms with E-state index in [0.717, 1.165) is 38.5 Å². The molecule has 94 valence electrons. The minimum Gasteiger partial charge on any atom is -0.387 e. The van der Waals surface area contributed by atoms with Gasteiger partial charge in [-0.1, -0.05) is 0 Å².